The summed E-state index contributed by atoms with van der Waals surface area (Å²) in [5, 5.41) is 6.24. The number of benzene rings is 2. The number of thiocarbonyl (C=S) groups is 1. The lowest BCUT2D eigenvalue weighted by atomic mass is 10.2. The van der Waals surface area contributed by atoms with Crippen molar-refractivity contribution in [1.29, 1.82) is 0 Å². The van der Waals surface area contributed by atoms with E-state index in [4.69, 9.17) is 23.8 Å². The van der Waals surface area contributed by atoms with E-state index in [1.54, 1.807) is 30.3 Å². The summed E-state index contributed by atoms with van der Waals surface area (Å²) in [5.74, 6) is -0.708. The molecule has 0 radical (unpaired) electrons. The molecular formula is C17H14ClFN2OS. The Bertz CT molecular complexity index is 760. The molecule has 0 unspecified atom stereocenters. The number of hydrogen-bond acceptors (Lipinski definition) is 2. The van der Waals surface area contributed by atoms with Gasteiger partial charge in [0.25, 0.3) is 0 Å². The van der Waals surface area contributed by atoms with Crippen molar-refractivity contribution in [2.24, 2.45) is 0 Å². The number of amides is 1. The molecule has 3 nitrogen and oxygen atoms in total. The number of carbonyl (C=O) groups excluding carboxylic acids is 1. The summed E-state index contributed by atoms with van der Waals surface area (Å²) in [6.45, 7) is 1.85. The van der Waals surface area contributed by atoms with Crippen LogP contribution in [-0.2, 0) is 4.79 Å². The van der Waals surface area contributed by atoms with Crippen molar-refractivity contribution in [2.75, 3.05) is 5.32 Å². The Morgan fingerprint density at radius 3 is 2.61 bits per heavy atom. The molecule has 2 aromatic rings. The maximum Gasteiger partial charge on any atom is 0.250 e. The first-order valence-corrected chi connectivity index (χ1v) is 7.55. The van der Waals surface area contributed by atoms with Gasteiger partial charge in [-0.3, -0.25) is 10.1 Å². The highest BCUT2D eigenvalue weighted by molar-refractivity contribution is 7.80. The fourth-order valence-electron chi connectivity index (χ4n) is 1.80. The van der Waals surface area contributed by atoms with Gasteiger partial charge < -0.3 is 5.32 Å². The van der Waals surface area contributed by atoms with Gasteiger partial charge in [-0.1, -0.05) is 29.8 Å². The monoisotopic (exact) mass is 348 g/mol. The second-order valence-electron chi connectivity index (χ2n) is 4.74. The number of rotatable bonds is 3. The molecule has 0 spiro atoms. The van der Waals surface area contributed by atoms with Crippen LogP contribution in [0.15, 0.2) is 48.5 Å². The van der Waals surface area contributed by atoms with Gasteiger partial charge in [0.05, 0.1) is 0 Å². The summed E-state index contributed by atoms with van der Waals surface area (Å²) in [5.41, 5.74) is 2.28. The van der Waals surface area contributed by atoms with Crippen LogP contribution < -0.4 is 10.6 Å². The third-order valence-electron chi connectivity index (χ3n) is 3.05. The highest BCUT2D eigenvalue weighted by atomic mass is 35.5. The van der Waals surface area contributed by atoms with E-state index in [-0.39, 0.29) is 16.8 Å². The fraction of sp³-hybridized carbons (Fsp3) is 0.0588. The summed E-state index contributed by atoms with van der Waals surface area (Å²) < 4.78 is 12.8. The first-order chi connectivity index (χ1) is 11.0. The topological polar surface area (TPSA) is 41.1 Å². The Morgan fingerprint density at radius 1 is 1.22 bits per heavy atom. The summed E-state index contributed by atoms with van der Waals surface area (Å²) in [4.78, 5) is 11.8. The standard InChI is InChI=1S/C17H14ClFN2OS/c1-11-14(18)3-2-4-15(11)20-17(23)21-16(22)10-7-12-5-8-13(19)9-6-12/h2-10H,1H3,(H2,20,21,22,23)/b10-7+. The van der Waals surface area contributed by atoms with Crippen LogP contribution in [0.2, 0.25) is 5.02 Å². The van der Waals surface area contributed by atoms with Gasteiger partial charge in [0.2, 0.25) is 5.91 Å². The molecule has 0 heterocycles. The highest BCUT2D eigenvalue weighted by Gasteiger charge is 2.05. The zero-order valence-electron chi connectivity index (χ0n) is 12.3. The van der Waals surface area contributed by atoms with Crippen LogP contribution in [0.1, 0.15) is 11.1 Å². The molecule has 2 rings (SSSR count). The van der Waals surface area contributed by atoms with Gasteiger partial charge in [-0.05, 0) is 60.6 Å². The molecule has 0 bridgehead atoms. The molecule has 0 saturated carbocycles. The molecular weight excluding hydrogens is 335 g/mol. The minimum atomic E-state index is -0.383. The van der Waals surface area contributed by atoms with Crippen molar-refractivity contribution in [3.8, 4) is 0 Å². The minimum Gasteiger partial charge on any atom is -0.332 e. The van der Waals surface area contributed by atoms with Crippen molar-refractivity contribution in [3.63, 3.8) is 0 Å². The third-order valence-corrected chi connectivity index (χ3v) is 3.66. The van der Waals surface area contributed by atoms with Crippen LogP contribution >= 0.6 is 23.8 Å². The van der Waals surface area contributed by atoms with Gasteiger partial charge in [-0.25, -0.2) is 4.39 Å². The van der Waals surface area contributed by atoms with E-state index < -0.39 is 0 Å². The van der Waals surface area contributed by atoms with Crippen LogP contribution in [0.5, 0.6) is 0 Å². The van der Waals surface area contributed by atoms with Crippen LogP contribution in [0.3, 0.4) is 0 Å². The number of halogens is 2. The Balaban J connectivity index is 1.93. The van der Waals surface area contributed by atoms with E-state index in [1.165, 1.54) is 18.2 Å². The van der Waals surface area contributed by atoms with E-state index in [0.717, 1.165) is 11.3 Å². The molecule has 23 heavy (non-hydrogen) atoms. The lowest BCUT2D eigenvalue weighted by Gasteiger charge is -2.11. The zero-order chi connectivity index (χ0) is 16.8. The summed E-state index contributed by atoms with van der Waals surface area (Å²) in [6.07, 6.45) is 2.90. The van der Waals surface area contributed by atoms with Crippen LogP contribution in [0.4, 0.5) is 10.1 Å². The minimum absolute atomic E-state index is 0.170. The highest BCUT2D eigenvalue weighted by Crippen LogP contribution is 2.22. The average molecular weight is 349 g/mol. The quantitative estimate of drug-likeness (QED) is 0.641. The van der Waals surface area contributed by atoms with Gasteiger partial charge in [0.1, 0.15) is 5.82 Å². The van der Waals surface area contributed by atoms with Crippen molar-refractivity contribution >= 4 is 46.6 Å². The maximum absolute atomic E-state index is 12.8. The second-order valence-corrected chi connectivity index (χ2v) is 5.56. The molecule has 0 aliphatic carbocycles. The molecule has 0 saturated heterocycles. The normalized spacial score (nSPS) is 10.6. The third kappa shape index (κ3) is 5.16. The maximum atomic E-state index is 12.8. The SMILES string of the molecule is Cc1c(Cl)cccc1NC(=S)NC(=O)/C=C/c1ccc(F)cc1. The van der Waals surface area contributed by atoms with Crippen LogP contribution in [0, 0.1) is 12.7 Å². The van der Waals surface area contributed by atoms with Crippen molar-refractivity contribution in [3.05, 3.63) is 70.5 Å². The van der Waals surface area contributed by atoms with E-state index in [0.29, 0.717) is 10.6 Å². The van der Waals surface area contributed by atoms with Crippen LogP contribution in [0.25, 0.3) is 6.08 Å². The fourth-order valence-corrected chi connectivity index (χ4v) is 2.18. The predicted octanol–water partition coefficient (Wildman–Crippen LogP) is 4.31. The summed E-state index contributed by atoms with van der Waals surface area (Å²) in [6, 6.07) is 11.2. The molecule has 2 N–H and O–H groups in total. The first kappa shape index (κ1) is 17.1. The van der Waals surface area contributed by atoms with E-state index in [1.807, 2.05) is 13.0 Å². The average Bonchev–Trinajstić information content (AvgIpc) is 2.51. The van der Waals surface area contributed by atoms with E-state index in [2.05, 4.69) is 10.6 Å². The molecule has 0 aliphatic rings. The van der Waals surface area contributed by atoms with Gasteiger partial charge >= 0.3 is 0 Å². The van der Waals surface area contributed by atoms with Crippen LogP contribution in [-0.4, -0.2) is 11.0 Å². The molecule has 0 atom stereocenters. The number of hydrogen-bond donors (Lipinski definition) is 2. The Labute approximate surface area is 144 Å². The molecule has 2 aromatic carbocycles. The van der Waals surface area contributed by atoms with Crippen molar-refractivity contribution in [2.45, 2.75) is 6.92 Å². The largest absolute Gasteiger partial charge is 0.332 e. The molecule has 1 amide bonds. The van der Waals surface area contributed by atoms with Crippen molar-refractivity contribution in [1.82, 2.24) is 5.32 Å². The summed E-state index contributed by atoms with van der Waals surface area (Å²) in [7, 11) is 0. The number of nitrogens with one attached hydrogen (secondary N) is 2. The Morgan fingerprint density at radius 2 is 1.91 bits per heavy atom. The van der Waals surface area contributed by atoms with Gasteiger partial charge in [-0.2, -0.15) is 0 Å². The van der Waals surface area contributed by atoms with Crippen molar-refractivity contribution < 1.29 is 9.18 Å². The molecule has 118 valence electrons. The lowest BCUT2D eigenvalue weighted by Crippen LogP contribution is -2.33. The predicted molar refractivity (Wildman–Crippen MR) is 96.0 cm³/mol. The Kier molecular flexibility index (Phi) is 5.84. The molecule has 0 fully saturated rings. The Hall–Kier alpha value is -2.24. The van der Waals surface area contributed by atoms with Gasteiger partial charge in [-0.15, -0.1) is 0 Å². The number of carbonyl (C=O) groups is 1. The number of anilines is 1. The summed E-state index contributed by atoms with van der Waals surface area (Å²) >= 11 is 11.1. The van der Waals surface area contributed by atoms with E-state index in [9.17, 15) is 9.18 Å². The van der Waals surface area contributed by atoms with E-state index >= 15 is 0 Å². The lowest BCUT2D eigenvalue weighted by molar-refractivity contribution is -0.115. The zero-order valence-corrected chi connectivity index (χ0v) is 13.8. The second kappa shape index (κ2) is 7.85. The van der Waals surface area contributed by atoms with Gasteiger partial charge in [0, 0.05) is 16.8 Å². The molecule has 0 aliphatic heterocycles. The molecule has 0 aromatic heterocycles. The smallest absolute Gasteiger partial charge is 0.250 e. The first-order valence-electron chi connectivity index (χ1n) is 6.76. The molecule has 6 heteroatoms. The van der Waals surface area contributed by atoms with Gasteiger partial charge in [0.15, 0.2) is 5.11 Å².